The molecule has 9 heteroatoms. The van der Waals surface area contributed by atoms with Crippen LogP contribution in [0.3, 0.4) is 0 Å². The van der Waals surface area contributed by atoms with Gasteiger partial charge in [-0.2, -0.15) is 13.2 Å². The van der Waals surface area contributed by atoms with Crippen LogP contribution in [0, 0.1) is 5.82 Å². The van der Waals surface area contributed by atoms with Crippen LogP contribution in [0.1, 0.15) is 36.1 Å². The number of carbonyl (C=O) groups excluding carboxylic acids is 1. The molecule has 2 aromatic carbocycles. The lowest BCUT2D eigenvalue weighted by molar-refractivity contribution is -0.133. The molecule has 1 aliphatic heterocycles. The molecule has 4 nitrogen and oxygen atoms in total. The van der Waals surface area contributed by atoms with E-state index in [2.05, 4.69) is 0 Å². The molecule has 1 amide bonds. The summed E-state index contributed by atoms with van der Waals surface area (Å²) in [4.78, 5) is 13.4. The zero-order chi connectivity index (χ0) is 24.7. The van der Waals surface area contributed by atoms with Crippen molar-refractivity contribution >= 4 is 23.1 Å². The SMILES string of the molecule is CC(C)(C)OC(=O)N1CCc2cc(OCc3cc(-c4ccccc4)c(C(F)(F)F)s3)c(F)cc21. The van der Waals surface area contributed by atoms with Gasteiger partial charge in [-0.3, -0.25) is 4.90 Å². The number of alkyl halides is 3. The predicted molar refractivity (Wildman–Crippen MR) is 123 cm³/mol. The Morgan fingerprint density at radius 2 is 1.79 bits per heavy atom. The summed E-state index contributed by atoms with van der Waals surface area (Å²) in [7, 11) is 0. The van der Waals surface area contributed by atoms with Gasteiger partial charge in [0.15, 0.2) is 11.6 Å². The van der Waals surface area contributed by atoms with Gasteiger partial charge in [0.2, 0.25) is 0 Å². The topological polar surface area (TPSA) is 38.8 Å². The lowest BCUT2D eigenvalue weighted by Gasteiger charge is -2.24. The van der Waals surface area contributed by atoms with E-state index in [1.54, 1.807) is 51.1 Å². The van der Waals surface area contributed by atoms with Crippen LogP contribution in [-0.2, 0) is 23.9 Å². The van der Waals surface area contributed by atoms with E-state index in [4.69, 9.17) is 9.47 Å². The Morgan fingerprint density at radius 1 is 1.09 bits per heavy atom. The molecule has 0 spiro atoms. The monoisotopic (exact) mass is 493 g/mol. The van der Waals surface area contributed by atoms with Crippen molar-refractivity contribution in [3.63, 3.8) is 0 Å². The summed E-state index contributed by atoms with van der Waals surface area (Å²) in [5, 5.41) is 0. The maximum Gasteiger partial charge on any atom is 0.426 e. The lowest BCUT2D eigenvalue weighted by Crippen LogP contribution is -2.35. The minimum absolute atomic E-state index is 0.0686. The number of anilines is 1. The third-order valence-corrected chi connectivity index (χ3v) is 6.29. The minimum Gasteiger partial charge on any atom is -0.485 e. The zero-order valence-electron chi connectivity index (χ0n) is 18.8. The van der Waals surface area contributed by atoms with Gasteiger partial charge in [0.05, 0.1) is 5.69 Å². The molecule has 0 saturated carbocycles. The van der Waals surface area contributed by atoms with Gasteiger partial charge in [-0.15, -0.1) is 11.3 Å². The Kier molecular flexibility index (Phi) is 6.33. The maximum absolute atomic E-state index is 14.8. The normalized spacial score (nSPS) is 13.7. The van der Waals surface area contributed by atoms with E-state index < -0.39 is 28.6 Å². The molecule has 0 unspecified atom stereocenters. The Bertz CT molecular complexity index is 1200. The third kappa shape index (κ3) is 5.19. The van der Waals surface area contributed by atoms with E-state index in [1.165, 1.54) is 23.1 Å². The van der Waals surface area contributed by atoms with Crippen LogP contribution < -0.4 is 9.64 Å². The largest absolute Gasteiger partial charge is 0.485 e. The van der Waals surface area contributed by atoms with Gasteiger partial charge in [-0.1, -0.05) is 30.3 Å². The van der Waals surface area contributed by atoms with Crippen molar-refractivity contribution in [3.8, 4) is 16.9 Å². The average Bonchev–Trinajstić information content (AvgIpc) is 3.35. The van der Waals surface area contributed by atoms with Gasteiger partial charge >= 0.3 is 12.3 Å². The highest BCUT2D eigenvalue weighted by molar-refractivity contribution is 7.12. The second-order valence-corrected chi connectivity index (χ2v) is 10.0. The summed E-state index contributed by atoms with van der Waals surface area (Å²) in [6, 6.07) is 12.4. The smallest absolute Gasteiger partial charge is 0.426 e. The molecule has 1 aliphatic rings. The van der Waals surface area contributed by atoms with Crippen molar-refractivity contribution < 1.29 is 31.8 Å². The molecule has 4 rings (SSSR count). The Hall–Kier alpha value is -3.07. The van der Waals surface area contributed by atoms with Crippen molar-refractivity contribution in [1.82, 2.24) is 0 Å². The van der Waals surface area contributed by atoms with Gasteiger partial charge < -0.3 is 9.47 Å². The summed E-state index contributed by atoms with van der Waals surface area (Å²) in [6.45, 7) is 5.37. The van der Waals surface area contributed by atoms with Crippen LogP contribution in [0.4, 0.5) is 28.0 Å². The predicted octanol–water partition coefficient (Wildman–Crippen LogP) is 7.45. The summed E-state index contributed by atoms with van der Waals surface area (Å²) in [5.74, 6) is -0.780. The van der Waals surface area contributed by atoms with Crippen LogP contribution in [0.5, 0.6) is 5.75 Å². The number of amides is 1. The van der Waals surface area contributed by atoms with Crippen LogP contribution in [0.2, 0.25) is 0 Å². The number of hydrogen-bond acceptors (Lipinski definition) is 4. The number of fused-ring (bicyclic) bond motifs is 1. The van der Waals surface area contributed by atoms with E-state index >= 15 is 0 Å². The third-order valence-electron chi connectivity index (χ3n) is 5.14. The van der Waals surface area contributed by atoms with E-state index in [9.17, 15) is 22.4 Å². The van der Waals surface area contributed by atoms with Crippen molar-refractivity contribution in [2.24, 2.45) is 0 Å². The van der Waals surface area contributed by atoms with E-state index in [0.717, 1.165) is 0 Å². The van der Waals surface area contributed by atoms with Gasteiger partial charge in [-0.25, -0.2) is 9.18 Å². The lowest BCUT2D eigenvalue weighted by atomic mass is 10.1. The molecule has 0 radical (unpaired) electrons. The van der Waals surface area contributed by atoms with Crippen LogP contribution in [0.25, 0.3) is 11.1 Å². The first-order valence-corrected chi connectivity index (χ1v) is 11.4. The first kappa shape index (κ1) is 24.1. The van der Waals surface area contributed by atoms with Gasteiger partial charge in [0.1, 0.15) is 17.1 Å². The van der Waals surface area contributed by atoms with Crippen molar-refractivity contribution in [3.05, 3.63) is 69.7 Å². The van der Waals surface area contributed by atoms with Crippen molar-refractivity contribution in [1.29, 1.82) is 0 Å². The molecule has 0 aliphatic carbocycles. The number of hydrogen-bond donors (Lipinski definition) is 0. The summed E-state index contributed by atoms with van der Waals surface area (Å²) >= 11 is 0.579. The minimum atomic E-state index is -4.52. The number of nitrogens with zero attached hydrogens (tertiary/aromatic N) is 1. The molecule has 0 saturated heterocycles. The van der Waals surface area contributed by atoms with Gasteiger partial charge in [0, 0.05) is 23.1 Å². The molecule has 2 heterocycles. The molecular formula is C25H23F4NO3S. The maximum atomic E-state index is 14.8. The van der Waals surface area contributed by atoms with Crippen LogP contribution >= 0.6 is 11.3 Å². The quantitative estimate of drug-likeness (QED) is 0.354. The van der Waals surface area contributed by atoms with Crippen LogP contribution in [-0.4, -0.2) is 18.2 Å². The van der Waals surface area contributed by atoms with E-state index in [-0.39, 0.29) is 17.9 Å². The molecule has 180 valence electrons. The molecule has 34 heavy (non-hydrogen) atoms. The molecule has 0 atom stereocenters. The summed E-state index contributed by atoms with van der Waals surface area (Å²) in [5.41, 5.74) is 0.938. The molecule has 0 fully saturated rings. The number of ether oxygens (including phenoxy) is 2. The van der Waals surface area contributed by atoms with Crippen molar-refractivity contribution in [2.45, 2.75) is 45.6 Å². The average molecular weight is 494 g/mol. The highest BCUT2D eigenvalue weighted by Crippen LogP contribution is 2.43. The number of rotatable bonds is 4. The Morgan fingerprint density at radius 3 is 2.44 bits per heavy atom. The number of benzene rings is 2. The second kappa shape index (κ2) is 8.94. The first-order chi connectivity index (χ1) is 15.9. The standard InChI is InChI=1S/C25H23F4NO3S/c1-24(2,3)33-23(31)30-10-9-16-11-21(19(26)13-20(16)30)32-14-17-12-18(15-7-5-4-6-8-15)22(34-17)25(27,28)29/h4-8,11-13H,9-10,14H2,1-3H3. The Balaban J connectivity index is 1.54. The summed E-state index contributed by atoms with van der Waals surface area (Å²) < 4.78 is 66.5. The van der Waals surface area contributed by atoms with Gasteiger partial charge in [0.25, 0.3) is 0 Å². The summed E-state index contributed by atoms with van der Waals surface area (Å²) in [6.07, 6.45) is -4.59. The molecular weight excluding hydrogens is 470 g/mol. The van der Waals surface area contributed by atoms with Crippen LogP contribution in [0.15, 0.2) is 48.5 Å². The zero-order valence-corrected chi connectivity index (χ0v) is 19.6. The van der Waals surface area contributed by atoms with E-state index in [0.29, 0.717) is 46.0 Å². The fraction of sp³-hybridized carbons (Fsp3) is 0.320. The fourth-order valence-corrected chi connectivity index (χ4v) is 4.67. The molecule has 0 N–H and O–H groups in total. The first-order valence-electron chi connectivity index (χ1n) is 10.6. The molecule has 1 aromatic heterocycles. The number of halogens is 4. The number of carbonyl (C=O) groups is 1. The highest BCUT2D eigenvalue weighted by atomic mass is 32.1. The van der Waals surface area contributed by atoms with E-state index in [1.807, 2.05) is 0 Å². The van der Waals surface area contributed by atoms with Gasteiger partial charge in [-0.05, 0) is 50.5 Å². The number of thiophene rings is 1. The fourth-order valence-electron chi connectivity index (χ4n) is 3.71. The second-order valence-electron chi connectivity index (χ2n) is 8.90. The molecule has 3 aromatic rings. The highest BCUT2D eigenvalue weighted by Gasteiger charge is 2.36. The van der Waals surface area contributed by atoms with Crippen molar-refractivity contribution in [2.75, 3.05) is 11.4 Å². The Labute approximate surface area is 198 Å². The molecule has 0 bridgehead atoms.